The number of morpholine rings is 1. The summed E-state index contributed by atoms with van der Waals surface area (Å²) >= 11 is 3.48. The summed E-state index contributed by atoms with van der Waals surface area (Å²) in [5, 5.41) is 5.83. The molecule has 1 fully saturated rings. The fraction of sp³-hybridized carbons (Fsp3) is 0.333. The third kappa shape index (κ3) is 5.31. The predicted octanol–water partition coefficient (Wildman–Crippen LogP) is 3.31. The van der Waals surface area contributed by atoms with Crippen molar-refractivity contribution in [3.05, 3.63) is 58.6 Å². The molecule has 0 aliphatic carbocycles. The second-order valence-corrected chi connectivity index (χ2v) is 7.50. The van der Waals surface area contributed by atoms with E-state index in [0.29, 0.717) is 23.9 Å². The highest BCUT2D eigenvalue weighted by Crippen LogP contribution is 2.29. The summed E-state index contributed by atoms with van der Waals surface area (Å²) in [7, 11) is 0. The molecule has 30 heavy (non-hydrogen) atoms. The fourth-order valence-corrected chi connectivity index (χ4v) is 3.64. The van der Waals surface area contributed by atoms with Crippen molar-refractivity contribution in [2.45, 2.75) is 0 Å². The molecule has 0 N–H and O–H groups in total. The number of benzene rings is 2. The largest absolute Gasteiger partial charge is 0.491 e. The van der Waals surface area contributed by atoms with Gasteiger partial charge < -0.3 is 14.2 Å². The van der Waals surface area contributed by atoms with E-state index in [4.69, 9.17) is 14.2 Å². The molecule has 4 rings (SSSR count). The van der Waals surface area contributed by atoms with E-state index in [-0.39, 0.29) is 24.9 Å². The van der Waals surface area contributed by atoms with Gasteiger partial charge in [0.15, 0.2) is 6.61 Å². The van der Waals surface area contributed by atoms with Crippen LogP contribution in [0.3, 0.4) is 0 Å². The second-order valence-electron chi connectivity index (χ2n) is 6.65. The zero-order chi connectivity index (χ0) is 20.1. The minimum absolute atomic E-state index is 0. The number of halogens is 2. The average Bonchev–Trinajstić information content (AvgIpc) is 2.76. The van der Waals surface area contributed by atoms with Crippen molar-refractivity contribution in [1.82, 2.24) is 4.90 Å². The highest BCUT2D eigenvalue weighted by Gasteiger charge is 2.26. The van der Waals surface area contributed by atoms with E-state index in [2.05, 4.69) is 25.9 Å². The Morgan fingerprint density at radius 1 is 1.07 bits per heavy atom. The number of nitrogens with zero attached hydrogens (tertiary/aromatic N) is 3. The summed E-state index contributed by atoms with van der Waals surface area (Å²) in [6, 6.07) is 15.0. The van der Waals surface area contributed by atoms with Crippen LogP contribution in [0.4, 0.5) is 5.69 Å². The molecule has 0 atom stereocenters. The van der Waals surface area contributed by atoms with Gasteiger partial charge in [0.05, 0.1) is 24.5 Å². The molecule has 0 spiro atoms. The Labute approximate surface area is 190 Å². The zero-order valence-electron chi connectivity index (χ0n) is 16.3. The molecule has 1 amide bonds. The Hall–Kier alpha value is -2.13. The number of para-hydroxylation sites is 2. The Morgan fingerprint density at radius 3 is 2.60 bits per heavy atom. The van der Waals surface area contributed by atoms with Crippen molar-refractivity contribution in [2.75, 3.05) is 51.1 Å². The lowest BCUT2D eigenvalue weighted by Gasteiger charge is -2.27. The van der Waals surface area contributed by atoms with Crippen LogP contribution in [0.1, 0.15) is 5.56 Å². The van der Waals surface area contributed by atoms with Gasteiger partial charge in [-0.15, -0.1) is 17.5 Å². The van der Waals surface area contributed by atoms with Crippen molar-refractivity contribution in [3.63, 3.8) is 0 Å². The molecule has 0 radical (unpaired) electrons. The molecule has 2 aromatic rings. The van der Waals surface area contributed by atoms with Crippen LogP contribution in [-0.4, -0.2) is 62.8 Å². The van der Waals surface area contributed by atoms with Crippen LogP contribution >= 0.6 is 28.3 Å². The molecule has 2 aliphatic rings. The van der Waals surface area contributed by atoms with E-state index in [1.807, 2.05) is 48.5 Å². The lowest BCUT2D eigenvalue weighted by Crippen LogP contribution is -2.39. The quantitative estimate of drug-likeness (QED) is 0.614. The number of carbonyl (C=O) groups is 1. The summed E-state index contributed by atoms with van der Waals surface area (Å²) in [6.07, 6.45) is 0. The standard InChI is InChI=1S/C21H22BrN3O4.ClH/c22-17-6-2-3-7-18(17)25-20(26)15-29-21(23-25)16-5-1-4-8-19(16)28-14-11-24-9-12-27-13-10-24;/h1-8H,9-15H2;1H. The van der Waals surface area contributed by atoms with Gasteiger partial charge in [-0.2, -0.15) is 5.01 Å². The maximum Gasteiger partial charge on any atom is 0.285 e. The van der Waals surface area contributed by atoms with Crippen LogP contribution in [0.5, 0.6) is 5.75 Å². The number of rotatable bonds is 6. The molecule has 9 heteroatoms. The first-order valence-electron chi connectivity index (χ1n) is 9.53. The molecular weight excluding hydrogens is 474 g/mol. The molecule has 0 bridgehead atoms. The van der Waals surface area contributed by atoms with Crippen molar-refractivity contribution >= 4 is 45.8 Å². The lowest BCUT2D eigenvalue weighted by molar-refractivity contribution is -0.121. The van der Waals surface area contributed by atoms with Crippen molar-refractivity contribution in [3.8, 4) is 5.75 Å². The topological polar surface area (TPSA) is 63.6 Å². The van der Waals surface area contributed by atoms with Gasteiger partial charge in [-0.3, -0.25) is 9.69 Å². The first-order valence-corrected chi connectivity index (χ1v) is 10.3. The van der Waals surface area contributed by atoms with Crippen molar-refractivity contribution in [2.24, 2.45) is 5.10 Å². The van der Waals surface area contributed by atoms with Gasteiger partial charge in [0, 0.05) is 24.1 Å². The number of amides is 1. The van der Waals surface area contributed by atoms with E-state index in [1.165, 1.54) is 5.01 Å². The molecule has 2 heterocycles. The Kier molecular flexibility index (Phi) is 8.09. The number of ether oxygens (including phenoxy) is 3. The smallest absolute Gasteiger partial charge is 0.285 e. The SMILES string of the molecule is Cl.O=C1COC(c2ccccc2OCCN2CCOCC2)=NN1c1ccccc1Br. The van der Waals surface area contributed by atoms with Gasteiger partial charge in [-0.1, -0.05) is 24.3 Å². The van der Waals surface area contributed by atoms with Crippen LogP contribution in [-0.2, 0) is 14.3 Å². The summed E-state index contributed by atoms with van der Waals surface area (Å²) < 4.78 is 17.8. The Balaban J connectivity index is 0.00000256. The predicted molar refractivity (Wildman–Crippen MR) is 121 cm³/mol. The van der Waals surface area contributed by atoms with Gasteiger partial charge >= 0.3 is 0 Å². The molecule has 7 nitrogen and oxygen atoms in total. The van der Waals surface area contributed by atoms with Crippen LogP contribution < -0.4 is 9.75 Å². The summed E-state index contributed by atoms with van der Waals surface area (Å²) in [4.78, 5) is 14.7. The third-order valence-corrected chi connectivity index (χ3v) is 5.40. The van der Waals surface area contributed by atoms with Gasteiger partial charge in [0.25, 0.3) is 5.91 Å². The van der Waals surface area contributed by atoms with E-state index < -0.39 is 0 Å². The first kappa shape index (κ1) is 22.6. The number of hydrazone groups is 1. The molecule has 160 valence electrons. The Bertz CT molecular complexity index is 905. The van der Waals surface area contributed by atoms with Gasteiger partial charge in [0.2, 0.25) is 5.90 Å². The van der Waals surface area contributed by atoms with Crippen LogP contribution in [0.25, 0.3) is 0 Å². The Morgan fingerprint density at radius 2 is 1.80 bits per heavy atom. The molecule has 0 aromatic heterocycles. The molecule has 2 aromatic carbocycles. The van der Waals surface area contributed by atoms with Gasteiger partial charge in [0.1, 0.15) is 12.4 Å². The van der Waals surface area contributed by atoms with Crippen LogP contribution in [0, 0.1) is 0 Å². The molecule has 1 saturated heterocycles. The second kappa shape index (κ2) is 10.8. The van der Waals surface area contributed by atoms with E-state index >= 15 is 0 Å². The first-order chi connectivity index (χ1) is 14.2. The number of hydrogen-bond donors (Lipinski definition) is 0. The zero-order valence-corrected chi connectivity index (χ0v) is 18.7. The normalized spacial score (nSPS) is 17.0. The number of anilines is 1. The van der Waals surface area contributed by atoms with E-state index in [1.54, 1.807) is 0 Å². The average molecular weight is 497 g/mol. The van der Waals surface area contributed by atoms with E-state index in [0.717, 1.165) is 42.9 Å². The summed E-state index contributed by atoms with van der Waals surface area (Å²) in [5.41, 5.74) is 1.39. The monoisotopic (exact) mass is 495 g/mol. The fourth-order valence-electron chi connectivity index (χ4n) is 3.19. The lowest BCUT2D eigenvalue weighted by atomic mass is 10.2. The van der Waals surface area contributed by atoms with Crippen LogP contribution in [0.15, 0.2) is 58.1 Å². The minimum Gasteiger partial charge on any atom is -0.491 e. The highest BCUT2D eigenvalue weighted by atomic mass is 79.9. The van der Waals surface area contributed by atoms with Crippen molar-refractivity contribution in [1.29, 1.82) is 0 Å². The molecule has 0 saturated carbocycles. The molecule has 2 aliphatic heterocycles. The number of hydrogen-bond acceptors (Lipinski definition) is 6. The summed E-state index contributed by atoms with van der Waals surface area (Å²) in [5.74, 6) is 0.814. The number of carbonyl (C=O) groups excluding carboxylic acids is 1. The molecular formula is C21H23BrClN3O4. The molecule has 0 unspecified atom stereocenters. The van der Waals surface area contributed by atoms with Gasteiger partial charge in [-0.05, 0) is 40.2 Å². The summed E-state index contributed by atoms with van der Waals surface area (Å²) in [6.45, 7) is 4.67. The maximum absolute atomic E-state index is 12.4. The van der Waals surface area contributed by atoms with E-state index in [9.17, 15) is 4.79 Å². The maximum atomic E-state index is 12.4. The van der Waals surface area contributed by atoms with Gasteiger partial charge in [-0.25, -0.2) is 0 Å². The minimum atomic E-state index is -0.230. The van der Waals surface area contributed by atoms with Crippen molar-refractivity contribution < 1.29 is 19.0 Å². The van der Waals surface area contributed by atoms with Crippen LogP contribution in [0.2, 0.25) is 0 Å². The highest BCUT2D eigenvalue weighted by molar-refractivity contribution is 9.10. The third-order valence-electron chi connectivity index (χ3n) is 4.73.